The van der Waals surface area contributed by atoms with E-state index in [4.69, 9.17) is 10.5 Å². The van der Waals surface area contributed by atoms with Gasteiger partial charge < -0.3 is 15.4 Å². The Bertz CT molecular complexity index is 319. The number of ether oxygens (including phenoxy) is 1. The van der Waals surface area contributed by atoms with Crippen molar-refractivity contribution in [1.82, 2.24) is 14.9 Å². The fourth-order valence-electron chi connectivity index (χ4n) is 0.967. The number of nitrogens with zero attached hydrogens (tertiary/aromatic N) is 3. The molecule has 1 aromatic rings. The first-order chi connectivity index (χ1) is 7.15. The first-order valence-electron chi connectivity index (χ1n) is 4.57. The third-order valence-corrected chi connectivity index (χ3v) is 2.77. The molecule has 1 heterocycles. The molecule has 0 aromatic carbocycles. The Morgan fingerprint density at radius 1 is 1.47 bits per heavy atom. The maximum Gasteiger partial charge on any atom is 0.241 e. The maximum atomic E-state index is 5.83. The van der Waals surface area contributed by atoms with Crippen LogP contribution in [-0.2, 0) is 0 Å². The minimum absolute atomic E-state index is 0.442. The Kier molecular flexibility index (Phi) is 4.64. The molecular weight excluding hydrogens is 212 g/mol. The van der Waals surface area contributed by atoms with E-state index in [-0.39, 0.29) is 0 Å². The normalized spacial score (nSPS) is 10.7. The Morgan fingerprint density at radius 2 is 2.20 bits per heavy atom. The number of thioether (sulfide) groups is 1. The minimum atomic E-state index is 0.442. The quantitative estimate of drug-likeness (QED) is 0.592. The van der Waals surface area contributed by atoms with Gasteiger partial charge in [0, 0.05) is 12.3 Å². The monoisotopic (exact) mass is 228 g/mol. The zero-order valence-corrected chi connectivity index (χ0v) is 10.0. The molecule has 2 N–H and O–H groups in total. The molecule has 1 aromatic heterocycles. The van der Waals surface area contributed by atoms with Crippen LogP contribution < -0.4 is 10.5 Å². The predicted molar refractivity (Wildman–Crippen MR) is 62.3 cm³/mol. The van der Waals surface area contributed by atoms with Crippen LogP contribution in [0.15, 0.2) is 11.4 Å². The van der Waals surface area contributed by atoms with Gasteiger partial charge in [0.25, 0.3) is 0 Å². The lowest BCUT2D eigenvalue weighted by atomic mass is 10.5. The molecule has 0 spiro atoms. The number of rotatable bonds is 5. The zero-order chi connectivity index (χ0) is 11.3. The fraction of sp³-hybridized carbons (Fsp3) is 0.556. The summed E-state index contributed by atoms with van der Waals surface area (Å²) in [4.78, 5) is 10.1. The highest BCUT2D eigenvalue weighted by Gasteiger charge is 2.08. The van der Waals surface area contributed by atoms with Crippen LogP contribution >= 0.6 is 11.8 Å². The highest BCUT2D eigenvalue weighted by Crippen LogP contribution is 2.27. The standard InChI is InChI=1S/C9H16N4OS/c1-13(2)4-5-15-9-7(10)8(14-3)11-6-12-9/h6H,4-5,10H2,1-3H3. The van der Waals surface area contributed by atoms with Gasteiger partial charge in [-0.3, -0.25) is 0 Å². The summed E-state index contributed by atoms with van der Waals surface area (Å²) in [6.07, 6.45) is 1.47. The van der Waals surface area contributed by atoms with Gasteiger partial charge in [-0.1, -0.05) is 0 Å². The summed E-state index contributed by atoms with van der Waals surface area (Å²) in [6.45, 7) is 0.983. The lowest BCUT2D eigenvalue weighted by Crippen LogP contribution is -2.15. The van der Waals surface area contributed by atoms with Crippen molar-refractivity contribution in [2.24, 2.45) is 0 Å². The topological polar surface area (TPSA) is 64.3 Å². The largest absolute Gasteiger partial charge is 0.479 e. The highest BCUT2D eigenvalue weighted by molar-refractivity contribution is 7.99. The van der Waals surface area contributed by atoms with E-state index in [1.165, 1.54) is 6.33 Å². The molecule has 0 saturated heterocycles. The van der Waals surface area contributed by atoms with Gasteiger partial charge in [0.15, 0.2) is 0 Å². The first kappa shape index (κ1) is 12.1. The second kappa shape index (κ2) is 5.77. The lowest BCUT2D eigenvalue weighted by Gasteiger charge is -2.10. The Balaban J connectivity index is 2.61. The Labute approximate surface area is 94.0 Å². The van der Waals surface area contributed by atoms with Crippen LogP contribution in [0.3, 0.4) is 0 Å². The third kappa shape index (κ3) is 3.56. The SMILES string of the molecule is COc1ncnc(SCCN(C)C)c1N. The summed E-state index contributed by atoms with van der Waals surface area (Å²) in [6, 6.07) is 0. The summed E-state index contributed by atoms with van der Waals surface area (Å²) in [7, 11) is 5.61. The molecule has 0 atom stereocenters. The highest BCUT2D eigenvalue weighted by atomic mass is 32.2. The van der Waals surface area contributed by atoms with Gasteiger partial charge in [0.05, 0.1) is 7.11 Å². The molecule has 1 rings (SSSR count). The molecule has 0 bridgehead atoms. The number of anilines is 1. The molecule has 15 heavy (non-hydrogen) atoms. The van der Waals surface area contributed by atoms with Crippen LogP contribution in [0.1, 0.15) is 0 Å². The minimum Gasteiger partial charge on any atom is -0.479 e. The van der Waals surface area contributed by atoms with Crippen LogP contribution in [0.5, 0.6) is 5.88 Å². The second-order valence-electron chi connectivity index (χ2n) is 3.25. The molecule has 6 heteroatoms. The summed E-state index contributed by atoms with van der Waals surface area (Å²) in [5.41, 5.74) is 6.34. The van der Waals surface area contributed by atoms with E-state index in [9.17, 15) is 0 Å². The van der Waals surface area contributed by atoms with Crippen LogP contribution in [0.25, 0.3) is 0 Å². The average molecular weight is 228 g/mol. The van der Waals surface area contributed by atoms with E-state index in [0.29, 0.717) is 11.6 Å². The molecule has 0 aliphatic rings. The van der Waals surface area contributed by atoms with E-state index in [1.807, 2.05) is 14.1 Å². The van der Waals surface area contributed by atoms with Crippen LogP contribution in [0.2, 0.25) is 0 Å². The van der Waals surface area contributed by atoms with E-state index in [2.05, 4.69) is 14.9 Å². The van der Waals surface area contributed by atoms with Gasteiger partial charge in [0.2, 0.25) is 5.88 Å². The number of aromatic nitrogens is 2. The van der Waals surface area contributed by atoms with Crippen molar-refractivity contribution < 1.29 is 4.74 Å². The molecule has 0 radical (unpaired) electrons. The number of nitrogen functional groups attached to an aromatic ring is 1. The predicted octanol–water partition coefficient (Wildman–Crippen LogP) is 0.721. The van der Waals surface area contributed by atoms with Gasteiger partial charge in [-0.2, -0.15) is 4.98 Å². The van der Waals surface area contributed by atoms with Crippen LogP contribution in [0.4, 0.5) is 5.69 Å². The van der Waals surface area contributed by atoms with Gasteiger partial charge in [-0.25, -0.2) is 4.98 Å². The van der Waals surface area contributed by atoms with Crippen molar-refractivity contribution in [3.8, 4) is 5.88 Å². The van der Waals surface area contributed by atoms with Crippen molar-refractivity contribution in [1.29, 1.82) is 0 Å². The van der Waals surface area contributed by atoms with Crippen LogP contribution in [-0.4, -0.2) is 48.4 Å². The number of hydrogen-bond donors (Lipinski definition) is 1. The second-order valence-corrected chi connectivity index (χ2v) is 4.34. The Morgan fingerprint density at radius 3 is 2.80 bits per heavy atom. The van der Waals surface area contributed by atoms with Crippen molar-refractivity contribution in [2.45, 2.75) is 5.03 Å². The van der Waals surface area contributed by atoms with Gasteiger partial charge in [-0.05, 0) is 14.1 Å². The van der Waals surface area contributed by atoms with Crippen molar-refractivity contribution in [2.75, 3.05) is 39.2 Å². The van der Waals surface area contributed by atoms with Crippen molar-refractivity contribution in [3.63, 3.8) is 0 Å². The van der Waals surface area contributed by atoms with E-state index < -0.39 is 0 Å². The number of hydrogen-bond acceptors (Lipinski definition) is 6. The van der Waals surface area contributed by atoms with Crippen LogP contribution in [0, 0.1) is 0 Å². The number of nitrogens with two attached hydrogens (primary N) is 1. The van der Waals surface area contributed by atoms with Gasteiger partial charge in [-0.15, -0.1) is 11.8 Å². The smallest absolute Gasteiger partial charge is 0.241 e. The lowest BCUT2D eigenvalue weighted by molar-refractivity contribution is 0.397. The first-order valence-corrected chi connectivity index (χ1v) is 5.55. The molecule has 0 aliphatic carbocycles. The molecule has 0 fully saturated rings. The maximum absolute atomic E-state index is 5.83. The Hall–Kier alpha value is -1.01. The molecular formula is C9H16N4OS. The molecule has 0 saturated carbocycles. The molecule has 0 amide bonds. The fourth-order valence-corrected chi connectivity index (χ4v) is 1.98. The van der Waals surface area contributed by atoms with E-state index >= 15 is 0 Å². The summed E-state index contributed by atoms with van der Waals surface area (Å²) in [5.74, 6) is 1.38. The number of methoxy groups -OCH3 is 1. The van der Waals surface area contributed by atoms with Gasteiger partial charge in [0.1, 0.15) is 17.0 Å². The molecule has 5 nitrogen and oxygen atoms in total. The molecule has 0 unspecified atom stereocenters. The molecule has 84 valence electrons. The van der Waals surface area contributed by atoms with Crippen molar-refractivity contribution in [3.05, 3.63) is 6.33 Å². The van der Waals surface area contributed by atoms with E-state index in [1.54, 1.807) is 18.9 Å². The summed E-state index contributed by atoms with van der Waals surface area (Å²) < 4.78 is 5.01. The molecule has 0 aliphatic heterocycles. The van der Waals surface area contributed by atoms with Gasteiger partial charge >= 0.3 is 0 Å². The van der Waals surface area contributed by atoms with Crippen molar-refractivity contribution >= 4 is 17.4 Å². The third-order valence-electron chi connectivity index (χ3n) is 1.78. The summed E-state index contributed by atoms with van der Waals surface area (Å²) in [5, 5.41) is 0.781. The zero-order valence-electron chi connectivity index (χ0n) is 9.23. The summed E-state index contributed by atoms with van der Waals surface area (Å²) >= 11 is 1.61. The van der Waals surface area contributed by atoms with E-state index in [0.717, 1.165) is 17.3 Å². The average Bonchev–Trinajstić information content (AvgIpc) is 2.20.